The molecule has 0 spiro atoms. The number of terminal acetylenes is 1. The van der Waals surface area contributed by atoms with Crippen LogP contribution in [0.1, 0.15) is 12.5 Å². The molecule has 0 saturated heterocycles. The number of sulfonamides is 1. The Hall–Kier alpha value is -1.57. The van der Waals surface area contributed by atoms with Crippen molar-refractivity contribution in [1.29, 1.82) is 0 Å². The maximum atomic E-state index is 12.4. The molecule has 0 aliphatic carbocycles. The molecule has 0 saturated carbocycles. The first-order chi connectivity index (χ1) is 8.37. The van der Waals surface area contributed by atoms with E-state index >= 15 is 0 Å². The van der Waals surface area contributed by atoms with Crippen LogP contribution in [0.15, 0.2) is 41.3 Å². The average molecular weight is 263 g/mol. The summed E-state index contributed by atoms with van der Waals surface area (Å²) in [7, 11) is -3.55. The van der Waals surface area contributed by atoms with Gasteiger partial charge in [0.15, 0.2) is 0 Å². The molecule has 1 aromatic rings. The van der Waals surface area contributed by atoms with E-state index in [1.165, 1.54) is 4.31 Å². The summed E-state index contributed by atoms with van der Waals surface area (Å²) < 4.78 is 26.0. The quantitative estimate of drug-likeness (QED) is 0.603. The minimum absolute atomic E-state index is 0.0447. The standard InChI is InChI=1S/C14H17NO2S/c1-5-10-15(11-12(2)3)18(16,17)14-8-6-13(4)7-9-14/h1,6-9H,2,10-11H2,3-4H3. The molecule has 0 heterocycles. The second kappa shape index (κ2) is 5.85. The van der Waals surface area contributed by atoms with E-state index in [4.69, 9.17) is 6.42 Å². The van der Waals surface area contributed by atoms with Gasteiger partial charge in [0.1, 0.15) is 0 Å². The predicted octanol–water partition coefficient (Wildman–Crippen LogP) is 2.20. The predicted molar refractivity (Wildman–Crippen MR) is 73.6 cm³/mol. The summed E-state index contributed by atoms with van der Waals surface area (Å²) in [6.07, 6.45) is 5.22. The molecule has 1 aromatic carbocycles. The molecule has 96 valence electrons. The molecule has 18 heavy (non-hydrogen) atoms. The van der Waals surface area contributed by atoms with Gasteiger partial charge in [-0.3, -0.25) is 0 Å². The summed E-state index contributed by atoms with van der Waals surface area (Å²) in [5.41, 5.74) is 1.76. The average Bonchev–Trinajstić information content (AvgIpc) is 2.28. The normalized spacial score (nSPS) is 11.2. The van der Waals surface area contributed by atoms with Crippen LogP contribution in [-0.4, -0.2) is 25.8 Å². The molecule has 3 nitrogen and oxygen atoms in total. The molecular weight excluding hydrogens is 246 g/mol. The first kappa shape index (κ1) is 14.5. The molecule has 0 fully saturated rings. The van der Waals surface area contributed by atoms with E-state index in [0.29, 0.717) is 0 Å². The number of nitrogens with zero attached hydrogens (tertiary/aromatic N) is 1. The SMILES string of the molecule is C#CCN(CC(=C)C)S(=O)(=O)c1ccc(C)cc1. The van der Waals surface area contributed by atoms with Gasteiger partial charge in [0.2, 0.25) is 10.0 Å². The van der Waals surface area contributed by atoms with Gasteiger partial charge < -0.3 is 0 Å². The summed E-state index contributed by atoms with van der Waals surface area (Å²) in [6.45, 7) is 7.68. The summed E-state index contributed by atoms with van der Waals surface area (Å²) >= 11 is 0. The van der Waals surface area contributed by atoms with Gasteiger partial charge in [-0.25, -0.2) is 8.42 Å². The third kappa shape index (κ3) is 3.46. The Balaban J connectivity index is 3.13. The van der Waals surface area contributed by atoms with Crippen molar-refractivity contribution in [1.82, 2.24) is 4.31 Å². The molecule has 0 N–H and O–H groups in total. The zero-order chi connectivity index (χ0) is 13.8. The number of benzene rings is 1. The van der Waals surface area contributed by atoms with E-state index in [2.05, 4.69) is 12.5 Å². The molecule has 0 bridgehead atoms. The third-order valence-corrected chi connectivity index (χ3v) is 4.18. The smallest absolute Gasteiger partial charge is 0.207 e. The van der Waals surface area contributed by atoms with Crippen LogP contribution < -0.4 is 0 Å². The lowest BCUT2D eigenvalue weighted by molar-refractivity contribution is 0.471. The van der Waals surface area contributed by atoms with Gasteiger partial charge >= 0.3 is 0 Å². The number of hydrogen-bond donors (Lipinski definition) is 0. The van der Waals surface area contributed by atoms with Gasteiger partial charge in [-0.1, -0.05) is 35.8 Å². The van der Waals surface area contributed by atoms with Crippen molar-refractivity contribution in [3.05, 3.63) is 42.0 Å². The molecule has 0 atom stereocenters. The van der Waals surface area contributed by atoms with Crippen molar-refractivity contribution in [2.45, 2.75) is 18.7 Å². The Bertz CT molecular complexity index is 565. The van der Waals surface area contributed by atoms with Gasteiger partial charge in [-0.2, -0.15) is 4.31 Å². The van der Waals surface area contributed by atoms with E-state index in [1.807, 2.05) is 6.92 Å². The van der Waals surface area contributed by atoms with Crippen LogP contribution in [0.3, 0.4) is 0 Å². The minimum Gasteiger partial charge on any atom is -0.207 e. The lowest BCUT2D eigenvalue weighted by Crippen LogP contribution is -2.32. The van der Waals surface area contributed by atoms with E-state index in [9.17, 15) is 8.42 Å². The second-order valence-corrected chi connectivity index (χ2v) is 6.19. The van der Waals surface area contributed by atoms with Crippen molar-refractivity contribution in [2.24, 2.45) is 0 Å². The van der Waals surface area contributed by atoms with Gasteiger partial charge in [0, 0.05) is 6.54 Å². The summed E-state index contributed by atoms with van der Waals surface area (Å²) in [4.78, 5) is 0.254. The van der Waals surface area contributed by atoms with Crippen molar-refractivity contribution < 1.29 is 8.42 Å². The summed E-state index contributed by atoms with van der Waals surface area (Å²) in [5, 5.41) is 0. The van der Waals surface area contributed by atoms with Gasteiger partial charge in [-0.15, -0.1) is 6.42 Å². The highest BCUT2D eigenvalue weighted by Gasteiger charge is 2.23. The molecule has 1 rings (SSSR count). The Morgan fingerprint density at radius 3 is 2.39 bits per heavy atom. The maximum Gasteiger partial charge on any atom is 0.244 e. The highest BCUT2D eigenvalue weighted by atomic mass is 32.2. The highest BCUT2D eigenvalue weighted by Crippen LogP contribution is 2.16. The van der Waals surface area contributed by atoms with Crippen molar-refractivity contribution in [3.63, 3.8) is 0 Å². The molecular formula is C14H17NO2S. The molecule has 0 amide bonds. The maximum absolute atomic E-state index is 12.4. The number of aryl methyl sites for hydroxylation is 1. The molecule has 0 unspecified atom stereocenters. The van der Waals surface area contributed by atoms with Crippen LogP contribution in [0.5, 0.6) is 0 Å². The van der Waals surface area contributed by atoms with E-state index < -0.39 is 10.0 Å². The monoisotopic (exact) mass is 263 g/mol. The number of rotatable bonds is 5. The van der Waals surface area contributed by atoms with Gasteiger partial charge in [-0.05, 0) is 26.0 Å². The van der Waals surface area contributed by atoms with Crippen molar-refractivity contribution in [2.75, 3.05) is 13.1 Å². The largest absolute Gasteiger partial charge is 0.244 e. The Morgan fingerprint density at radius 1 is 1.39 bits per heavy atom. The van der Waals surface area contributed by atoms with Crippen molar-refractivity contribution >= 4 is 10.0 Å². The second-order valence-electron chi connectivity index (χ2n) is 4.25. The van der Waals surface area contributed by atoms with Crippen molar-refractivity contribution in [3.8, 4) is 12.3 Å². The zero-order valence-electron chi connectivity index (χ0n) is 10.7. The van der Waals surface area contributed by atoms with E-state index in [0.717, 1.165) is 11.1 Å². The lowest BCUT2D eigenvalue weighted by atomic mass is 10.2. The highest BCUT2D eigenvalue weighted by molar-refractivity contribution is 7.89. The minimum atomic E-state index is -3.55. The Labute approximate surface area is 109 Å². The fraction of sp³-hybridized carbons (Fsp3) is 0.286. The third-order valence-electron chi connectivity index (χ3n) is 2.37. The topological polar surface area (TPSA) is 37.4 Å². The molecule has 0 aliphatic rings. The van der Waals surface area contributed by atoms with Gasteiger partial charge in [0.25, 0.3) is 0 Å². The first-order valence-corrected chi connectivity index (χ1v) is 6.96. The van der Waals surface area contributed by atoms with Gasteiger partial charge in [0.05, 0.1) is 11.4 Å². The zero-order valence-corrected chi connectivity index (χ0v) is 11.5. The molecule has 0 aromatic heterocycles. The molecule has 0 aliphatic heterocycles. The Kier molecular flexibility index (Phi) is 4.71. The fourth-order valence-electron chi connectivity index (χ4n) is 1.49. The molecule has 4 heteroatoms. The fourth-order valence-corrected chi connectivity index (χ4v) is 2.90. The van der Waals surface area contributed by atoms with E-state index in [-0.39, 0.29) is 18.0 Å². The van der Waals surface area contributed by atoms with Crippen LogP contribution in [0.2, 0.25) is 0 Å². The first-order valence-electron chi connectivity index (χ1n) is 5.52. The van der Waals surface area contributed by atoms with Crippen LogP contribution in [-0.2, 0) is 10.0 Å². The van der Waals surface area contributed by atoms with Crippen LogP contribution >= 0.6 is 0 Å². The lowest BCUT2D eigenvalue weighted by Gasteiger charge is -2.20. The molecule has 0 radical (unpaired) electrons. The summed E-state index contributed by atoms with van der Waals surface area (Å²) in [5.74, 6) is 2.37. The number of hydrogen-bond acceptors (Lipinski definition) is 2. The summed E-state index contributed by atoms with van der Waals surface area (Å²) in [6, 6.07) is 6.71. The van der Waals surface area contributed by atoms with Crippen LogP contribution in [0.25, 0.3) is 0 Å². The van der Waals surface area contributed by atoms with Crippen LogP contribution in [0, 0.1) is 19.3 Å². The Morgan fingerprint density at radius 2 is 1.94 bits per heavy atom. The van der Waals surface area contributed by atoms with Crippen LogP contribution in [0.4, 0.5) is 0 Å². The van der Waals surface area contributed by atoms with E-state index in [1.54, 1.807) is 31.2 Å².